The first kappa shape index (κ1) is 16.6. The van der Waals surface area contributed by atoms with Crippen LogP contribution in [0.25, 0.3) is 0 Å². The van der Waals surface area contributed by atoms with Gasteiger partial charge in [-0.05, 0) is 49.9 Å². The molecule has 0 unspecified atom stereocenters. The number of benzene rings is 1. The largest absolute Gasteiger partial charge is 0.396 e. The maximum atomic E-state index is 12.4. The average molecular weight is 296 g/mol. The fourth-order valence-corrected chi connectivity index (χ4v) is 3.33. The molecular formula is C14H20N2O3S. The summed E-state index contributed by atoms with van der Waals surface area (Å²) >= 11 is 0. The van der Waals surface area contributed by atoms with E-state index < -0.39 is 10.0 Å². The number of unbranched alkanes of at least 4 members (excludes halogenated alkanes) is 2. The summed E-state index contributed by atoms with van der Waals surface area (Å²) in [6.45, 7) is 2.24. The maximum Gasteiger partial charge on any atom is 0.243 e. The minimum Gasteiger partial charge on any atom is -0.396 e. The molecule has 0 saturated heterocycles. The molecule has 0 saturated carbocycles. The van der Waals surface area contributed by atoms with Gasteiger partial charge in [-0.3, -0.25) is 0 Å². The molecule has 0 aliphatic heterocycles. The smallest absolute Gasteiger partial charge is 0.243 e. The zero-order valence-electron chi connectivity index (χ0n) is 11.8. The van der Waals surface area contributed by atoms with Crippen LogP contribution in [0.3, 0.4) is 0 Å². The first-order valence-corrected chi connectivity index (χ1v) is 7.95. The summed E-state index contributed by atoms with van der Waals surface area (Å²) in [5.74, 6) is 0. The Hall–Kier alpha value is -1.42. The van der Waals surface area contributed by atoms with Crippen molar-refractivity contribution in [2.75, 3.05) is 20.2 Å². The molecule has 0 aromatic heterocycles. The molecule has 0 amide bonds. The van der Waals surface area contributed by atoms with Gasteiger partial charge in [0.2, 0.25) is 10.0 Å². The molecule has 1 aromatic carbocycles. The van der Waals surface area contributed by atoms with Gasteiger partial charge in [-0.1, -0.05) is 0 Å². The van der Waals surface area contributed by atoms with Crippen LogP contribution in [0.5, 0.6) is 0 Å². The van der Waals surface area contributed by atoms with E-state index in [2.05, 4.69) is 0 Å². The average Bonchev–Trinajstić information content (AvgIpc) is 2.42. The Morgan fingerprint density at radius 1 is 1.30 bits per heavy atom. The molecule has 0 aliphatic rings. The van der Waals surface area contributed by atoms with Gasteiger partial charge in [0.25, 0.3) is 0 Å². The first-order valence-electron chi connectivity index (χ1n) is 6.51. The van der Waals surface area contributed by atoms with Crippen LogP contribution in [0.15, 0.2) is 23.1 Å². The standard InChI is InChI=1S/C14H20N2O3S/c1-12-10-13(11-15)6-7-14(12)20(18,19)16(2)8-4-3-5-9-17/h6-7,10,17H,3-5,8-9H2,1-2H3. The molecule has 0 fully saturated rings. The van der Waals surface area contributed by atoms with E-state index in [0.29, 0.717) is 30.5 Å². The predicted molar refractivity (Wildman–Crippen MR) is 76.6 cm³/mol. The molecule has 1 N–H and O–H groups in total. The van der Waals surface area contributed by atoms with Gasteiger partial charge in [0, 0.05) is 20.2 Å². The fourth-order valence-electron chi connectivity index (χ4n) is 1.92. The lowest BCUT2D eigenvalue weighted by atomic mass is 10.2. The van der Waals surface area contributed by atoms with Crippen molar-refractivity contribution in [2.24, 2.45) is 0 Å². The number of nitrogens with zero attached hydrogens (tertiary/aromatic N) is 2. The van der Waals surface area contributed by atoms with Gasteiger partial charge in [-0.2, -0.15) is 5.26 Å². The lowest BCUT2D eigenvalue weighted by Gasteiger charge is -2.18. The molecule has 0 radical (unpaired) electrons. The molecule has 0 spiro atoms. The van der Waals surface area contributed by atoms with Gasteiger partial charge >= 0.3 is 0 Å². The maximum absolute atomic E-state index is 12.4. The van der Waals surface area contributed by atoms with Crippen molar-refractivity contribution in [1.29, 1.82) is 5.26 Å². The van der Waals surface area contributed by atoms with Crippen molar-refractivity contribution in [3.63, 3.8) is 0 Å². The van der Waals surface area contributed by atoms with Crippen LogP contribution in [0.2, 0.25) is 0 Å². The van der Waals surface area contributed by atoms with E-state index in [9.17, 15) is 8.42 Å². The third kappa shape index (κ3) is 4.04. The number of sulfonamides is 1. The lowest BCUT2D eigenvalue weighted by Crippen LogP contribution is -2.28. The van der Waals surface area contributed by atoms with E-state index in [0.717, 1.165) is 6.42 Å². The second-order valence-electron chi connectivity index (χ2n) is 4.70. The second kappa shape index (κ2) is 7.39. The molecule has 20 heavy (non-hydrogen) atoms. The van der Waals surface area contributed by atoms with Crippen molar-refractivity contribution in [3.8, 4) is 6.07 Å². The Morgan fingerprint density at radius 3 is 2.55 bits per heavy atom. The number of aliphatic hydroxyl groups is 1. The van der Waals surface area contributed by atoms with Crippen LogP contribution in [0.4, 0.5) is 0 Å². The molecule has 0 bridgehead atoms. The molecule has 0 heterocycles. The number of aliphatic hydroxyl groups excluding tert-OH is 1. The third-order valence-electron chi connectivity index (χ3n) is 3.12. The van der Waals surface area contributed by atoms with Gasteiger partial charge in [0.1, 0.15) is 0 Å². The normalized spacial score (nSPS) is 11.6. The van der Waals surface area contributed by atoms with Gasteiger partial charge in [0.15, 0.2) is 0 Å². The van der Waals surface area contributed by atoms with Gasteiger partial charge < -0.3 is 5.11 Å². The Morgan fingerprint density at radius 2 is 2.00 bits per heavy atom. The van der Waals surface area contributed by atoms with Crippen LogP contribution in [-0.4, -0.2) is 38.0 Å². The van der Waals surface area contributed by atoms with Crippen molar-refractivity contribution < 1.29 is 13.5 Å². The van der Waals surface area contributed by atoms with Crippen LogP contribution in [0.1, 0.15) is 30.4 Å². The molecule has 110 valence electrons. The molecule has 1 aromatic rings. The predicted octanol–water partition coefficient (Wildman–Crippen LogP) is 1.65. The number of nitriles is 1. The summed E-state index contributed by atoms with van der Waals surface area (Å²) in [4.78, 5) is 0.237. The molecule has 6 heteroatoms. The number of rotatable bonds is 7. The minimum atomic E-state index is -3.52. The minimum absolute atomic E-state index is 0.130. The molecule has 5 nitrogen and oxygen atoms in total. The van der Waals surface area contributed by atoms with E-state index in [4.69, 9.17) is 10.4 Å². The van der Waals surface area contributed by atoms with Gasteiger partial charge in [-0.25, -0.2) is 12.7 Å². The number of hydrogen-bond acceptors (Lipinski definition) is 4. The molecule has 0 atom stereocenters. The monoisotopic (exact) mass is 296 g/mol. The highest BCUT2D eigenvalue weighted by molar-refractivity contribution is 7.89. The SMILES string of the molecule is Cc1cc(C#N)ccc1S(=O)(=O)N(C)CCCCCO. The molecule has 1 rings (SSSR count). The summed E-state index contributed by atoms with van der Waals surface area (Å²) in [7, 11) is -1.97. The van der Waals surface area contributed by atoms with Gasteiger partial charge in [-0.15, -0.1) is 0 Å². The summed E-state index contributed by atoms with van der Waals surface area (Å²) in [5, 5.41) is 17.5. The Kier molecular flexibility index (Phi) is 6.14. The summed E-state index contributed by atoms with van der Waals surface area (Å²) < 4.78 is 26.1. The van der Waals surface area contributed by atoms with Crippen LogP contribution in [-0.2, 0) is 10.0 Å². The molecule has 0 aliphatic carbocycles. The van der Waals surface area contributed by atoms with Crippen LogP contribution >= 0.6 is 0 Å². The van der Waals surface area contributed by atoms with Crippen molar-refractivity contribution >= 4 is 10.0 Å². The Balaban J connectivity index is 2.85. The van der Waals surface area contributed by atoms with E-state index in [-0.39, 0.29) is 11.5 Å². The Labute approximate surface area is 120 Å². The highest BCUT2D eigenvalue weighted by Gasteiger charge is 2.22. The van der Waals surface area contributed by atoms with Crippen LogP contribution < -0.4 is 0 Å². The fraction of sp³-hybridized carbons (Fsp3) is 0.500. The third-order valence-corrected chi connectivity index (χ3v) is 5.14. The van der Waals surface area contributed by atoms with Crippen molar-refractivity contribution in [3.05, 3.63) is 29.3 Å². The van der Waals surface area contributed by atoms with Gasteiger partial charge in [0.05, 0.1) is 16.5 Å². The highest BCUT2D eigenvalue weighted by atomic mass is 32.2. The van der Waals surface area contributed by atoms with Crippen molar-refractivity contribution in [1.82, 2.24) is 4.31 Å². The van der Waals surface area contributed by atoms with E-state index in [1.807, 2.05) is 6.07 Å². The highest BCUT2D eigenvalue weighted by Crippen LogP contribution is 2.20. The van der Waals surface area contributed by atoms with Crippen LogP contribution in [0, 0.1) is 18.3 Å². The van der Waals surface area contributed by atoms with E-state index >= 15 is 0 Å². The zero-order chi connectivity index (χ0) is 15.2. The quantitative estimate of drug-likeness (QED) is 0.776. The van der Waals surface area contributed by atoms with E-state index in [1.54, 1.807) is 20.0 Å². The number of aryl methyl sites for hydroxylation is 1. The first-order chi connectivity index (χ1) is 9.43. The second-order valence-corrected chi connectivity index (χ2v) is 6.72. The summed E-state index contributed by atoms with van der Waals surface area (Å²) in [6.07, 6.45) is 2.19. The topological polar surface area (TPSA) is 81.4 Å². The van der Waals surface area contributed by atoms with E-state index in [1.165, 1.54) is 16.4 Å². The number of hydrogen-bond donors (Lipinski definition) is 1. The lowest BCUT2D eigenvalue weighted by molar-refractivity contribution is 0.281. The zero-order valence-corrected chi connectivity index (χ0v) is 12.7. The summed E-state index contributed by atoms with van der Waals surface area (Å²) in [6, 6.07) is 6.56. The summed E-state index contributed by atoms with van der Waals surface area (Å²) in [5.41, 5.74) is 1.03. The Bertz CT molecular complexity index is 591. The van der Waals surface area contributed by atoms with Crippen molar-refractivity contribution in [2.45, 2.75) is 31.1 Å². The molecular weight excluding hydrogens is 276 g/mol.